The molecule has 0 heterocycles. The van der Waals surface area contributed by atoms with Crippen LogP contribution in [0.25, 0.3) is 6.08 Å². The average molecular weight is 451 g/mol. The second kappa shape index (κ2) is 10.5. The fraction of sp³-hybridized carbons (Fsp3) is 0.227. The van der Waals surface area contributed by atoms with E-state index in [0.29, 0.717) is 11.1 Å². The number of ether oxygens (including phenoxy) is 3. The first-order valence-electron chi connectivity index (χ1n) is 9.11. The molecule has 0 spiro atoms. The molecule has 0 aliphatic carbocycles. The molecule has 2 aromatic carbocycles. The Balaban J connectivity index is 2.26. The predicted molar refractivity (Wildman–Crippen MR) is 108 cm³/mol. The Morgan fingerprint density at radius 2 is 1.53 bits per heavy atom. The number of methoxy groups -OCH3 is 3. The van der Waals surface area contributed by atoms with Gasteiger partial charge in [-0.3, -0.25) is 4.79 Å². The zero-order valence-corrected chi connectivity index (χ0v) is 17.4. The summed E-state index contributed by atoms with van der Waals surface area (Å²) in [4.78, 5) is 36.3. The lowest BCUT2D eigenvalue weighted by Gasteiger charge is -2.12. The minimum absolute atomic E-state index is 0.0320. The number of hydrogen-bond donors (Lipinski definition) is 1. The monoisotopic (exact) mass is 451 g/mol. The van der Waals surface area contributed by atoms with Gasteiger partial charge in [0.05, 0.1) is 32.5 Å². The number of carbonyl (C=O) groups excluding carboxylic acids is 3. The van der Waals surface area contributed by atoms with E-state index >= 15 is 0 Å². The van der Waals surface area contributed by atoms with E-state index in [1.807, 2.05) is 0 Å². The summed E-state index contributed by atoms with van der Waals surface area (Å²) >= 11 is 0. The van der Waals surface area contributed by atoms with E-state index in [4.69, 9.17) is 4.74 Å². The zero-order valence-electron chi connectivity index (χ0n) is 17.4. The third-order valence-corrected chi connectivity index (χ3v) is 4.32. The molecule has 0 saturated heterocycles. The summed E-state index contributed by atoms with van der Waals surface area (Å²) in [6.45, 7) is -0.0320. The van der Waals surface area contributed by atoms with Gasteiger partial charge in [-0.05, 0) is 41.5 Å². The molecule has 0 radical (unpaired) electrons. The molecule has 2 rings (SSSR count). The van der Waals surface area contributed by atoms with Crippen LogP contribution >= 0.6 is 0 Å². The highest BCUT2D eigenvalue weighted by atomic mass is 19.4. The van der Waals surface area contributed by atoms with E-state index in [-0.39, 0.29) is 23.4 Å². The van der Waals surface area contributed by atoms with Gasteiger partial charge in [-0.15, -0.1) is 0 Å². The highest BCUT2D eigenvalue weighted by Gasteiger charge is 2.30. The van der Waals surface area contributed by atoms with Crippen LogP contribution in [-0.2, 0) is 31.8 Å². The van der Waals surface area contributed by atoms with Crippen LogP contribution in [0.3, 0.4) is 0 Å². The molecule has 1 amide bonds. The summed E-state index contributed by atoms with van der Waals surface area (Å²) in [5.74, 6) is -2.19. The van der Waals surface area contributed by atoms with Gasteiger partial charge in [0, 0.05) is 6.54 Å². The lowest BCUT2D eigenvalue weighted by molar-refractivity contribution is -0.144. The first-order chi connectivity index (χ1) is 15.1. The summed E-state index contributed by atoms with van der Waals surface area (Å²) in [5, 5.41) is 2.59. The van der Waals surface area contributed by atoms with Crippen LogP contribution in [0.5, 0.6) is 5.75 Å². The van der Waals surface area contributed by atoms with Crippen LogP contribution < -0.4 is 10.1 Å². The van der Waals surface area contributed by atoms with Gasteiger partial charge >= 0.3 is 18.1 Å². The molecule has 32 heavy (non-hydrogen) atoms. The average Bonchev–Trinajstić information content (AvgIpc) is 2.79. The molecule has 1 N–H and O–H groups in total. The number of nitrogens with one attached hydrogen (secondary N) is 1. The quantitative estimate of drug-likeness (QED) is 0.301. The first-order valence-corrected chi connectivity index (χ1v) is 9.11. The van der Waals surface area contributed by atoms with Crippen LogP contribution in [0.15, 0.2) is 48.0 Å². The lowest BCUT2D eigenvalue weighted by Crippen LogP contribution is -2.23. The summed E-state index contributed by atoms with van der Waals surface area (Å²) in [6.07, 6.45) is -3.25. The van der Waals surface area contributed by atoms with Crippen molar-refractivity contribution >= 4 is 23.9 Å². The fourth-order valence-electron chi connectivity index (χ4n) is 2.67. The van der Waals surface area contributed by atoms with Crippen molar-refractivity contribution in [3.05, 3.63) is 70.3 Å². The van der Waals surface area contributed by atoms with Crippen molar-refractivity contribution in [2.45, 2.75) is 12.7 Å². The molecule has 7 nitrogen and oxygen atoms in total. The standard InChI is InChI=1S/C22H20F3NO6/c1-30-18-9-6-14(11-17(20(28)31-2)21(29)32-3)10-16(18)19(27)26-12-13-4-7-15(8-5-13)22(23,24)25/h4-11H,12H2,1-3H3,(H,26,27). The van der Waals surface area contributed by atoms with Crippen molar-refractivity contribution in [3.8, 4) is 5.75 Å². The Hall–Kier alpha value is -3.82. The fourth-order valence-corrected chi connectivity index (χ4v) is 2.67. The van der Waals surface area contributed by atoms with Gasteiger partial charge in [0.25, 0.3) is 5.91 Å². The molecule has 0 aliphatic rings. The Labute approximate surface area is 181 Å². The summed E-state index contributed by atoms with van der Waals surface area (Å²) in [7, 11) is 3.56. The highest BCUT2D eigenvalue weighted by Crippen LogP contribution is 2.29. The number of benzene rings is 2. The Bertz CT molecular complexity index is 1010. The van der Waals surface area contributed by atoms with E-state index in [0.717, 1.165) is 26.4 Å². The molecule has 0 aliphatic heterocycles. The molecule has 2 aromatic rings. The maximum atomic E-state index is 12.7. The number of amides is 1. The number of hydrogen-bond acceptors (Lipinski definition) is 6. The third-order valence-electron chi connectivity index (χ3n) is 4.32. The topological polar surface area (TPSA) is 90.9 Å². The van der Waals surface area contributed by atoms with Gasteiger partial charge in [-0.2, -0.15) is 13.2 Å². The molecule has 0 atom stereocenters. The molecule has 0 bridgehead atoms. The van der Waals surface area contributed by atoms with Crippen molar-refractivity contribution in [2.24, 2.45) is 0 Å². The minimum atomic E-state index is -4.45. The van der Waals surface area contributed by atoms with Crippen molar-refractivity contribution in [2.75, 3.05) is 21.3 Å². The van der Waals surface area contributed by atoms with Crippen molar-refractivity contribution in [1.82, 2.24) is 5.32 Å². The maximum absolute atomic E-state index is 12.7. The van der Waals surface area contributed by atoms with Crippen LogP contribution in [0.4, 0.5) is 13.2 Å². The van der Waals surface area contributed by atoms with Gasteiger partial charge < -0.3 is 19.5 Å². The van der Waals surface area contributed by atoms with Crippen LogP contribution in [0.1, 0.15) is 27.0 Å². The van der Waals surface area contributed by atoms with E-state index in [2.05, 4.69) is 14.8 Å². The van der Waals surface area contributed by atoms with Crippen LogP contribution in [0.2, 0.25) is 0 Å². The van der Waals surface area contributed by atoms with Gasteiger partial charge in [0.1, 0.15) is 11.3 Å². The SMILES string of the molecule is COC(=O)C(=Cc1ccc(OC)c(C(=O)NCc2ccc(C(F)(F)F)cc2)c1)C(=O)OC. The lowest BCUT2D eigenvalue weighted by atomic mass is 10.1. The molecule has 0 unspecified atom stereocenters. The Kier molecular flexibility index (Phi) is 8.00. The number of esters is 2. The molecule has 0 aromatic heterocycles. The minimum Gasteiger partial charge on any atom is -0.496 e. The maximum Gasteiger partial charge on any atom is 0.416 e. The summed E-state index contributed by atoms with van der Waals surface area (Å²) in [6, 6.07) is 8.73. The van der Waals surface area contributed by atoms with E-state index in [1.54, 1.807) is 0 Å². The van der Waals surface area contributed by atoms with E-state index in [9.17, 15) is 27.6 Å². The predicted octanol–water partition coefficient (Wildman–Crippen LogP) is 3.37. The van der Waals surface area contributed by atoms with Crippen molar-refractivity contribution < 1.29 is 41.8 Å². The molecule has 0 saturated carbocycles. The number of halogens is 3. The van der Waals surface area contributed by atoms with Gasteiger partial charge in [-0.25, -0.2) is 9.59 Å². The second-order valence-electron chi connectivity index (χ2n) is 6.38. The van der Waals surface area contributed by atoms with Gasteiger partial charge in [0.15, 0.2) is 0 Å². The Morgan fingerprint density at radius 1 is 0.938 bits per heavy atom. The van der Waals surface area contributed by atoms with Gasteiger partial charge in [-0.1, -0.05) is 18.2 Å². The Morgan fingerprint density at radius 3 is 2.03 bits per heavy atom. The summed E-state index contributed by atoms with van der Waals surface area (Å²) < 4.78 is 52.3. The number of rotatable bonds is 7. The van der Waals surface area contributed by atoms with Crippen molar-refractivity contribution in [1.29, 1.82) is 0 Å². The molecule has 170 valence electrons. The summed E-state index contributed by atoms with van der Waals surface area (Å²) in [5.41, 5.74) is -0.310. The molecular weight excluding hydrogens is 431 g/mol. The second-order valence-corrected chi connectivity index (χ2v) is 6.38. The first kappa shape index (κ1) is 24.4. The van der Waals surface area contributed by atoms with Crippen molar-refractivity contribution in [3.63, 3.8) is 0 Å². The third kappa shape index (κ3) is 6.10. The largest absolute Gasteiger partial charge is 0.496 e. The number of carbonyl (C=O) groups is 3. The molecule has 10 heteroatoms. The molecule has 0 fully saturated rings. The number of alkyl halides is 3. The van der Waals surface area contributed by atoms with Crippen LogP contribution in [0, 0.1) is 0 Å². The van der Waals surface area contributed by atoms with E-state index < -0.39 is 29.6 Å². The highest BCUT2D eigenvalue weighted by molar-refractivity contribution is 6.17. The van der Waals surface area contributed by atoms with E-state index in [1.165, 1.54) is 43.5 Å². The zero-order chi connectivity index (χ0) is 23.9. The normalized spacial score (nSPS) is 10.7. The van der Waals surface area contributed by atoms with Crippen LogP contribution in [-0.4, -0.2) is 39.2 Å². The van der Waals surface area contributed by atoms with Gasteiger partial charge in [0.2, 0.25) is 0 Å². The molecular formula is C22H20F3NO6. The smallest absolute Gasteiger partial charge is 0.416 e.